The Morgan fingerprint density at radius 3 is 1.15 bits per heavy atom. The molecule has 0 aromatic heterocycles. The molecule has 1 saturated heterocycles. The van der Waals surface area contributed by atoms with E-state index in [4.69, 9.17) is 14.2 Å². The molecule has 11 nitrogen and oxygen atoms in total. The molecule has 0 aliphatic carbocycles. The van der Waals surface area contributed by atoms with Crippen molar-refractivity contribution in [2.24, 2.45) is 0 Å². The van der Waals surface area contributed by atoms with E-state index in [1.165, 1.54) is 231 Å². The van der Waals surface area contributed by atoms with Crippen molar-refractivity contribution < 1.29 is 49.3 Å². The molecule has 11 heteroatoms. The monoisotopic (exact) mass is 1290 g/mol. The number of hydrogen-bond acceptors (Lipinski definition) is 10. The number of carbonyl (C=O) groups is 2. The number of nitrogens with one attached hydrogen (secondary N) is 1. The maximum Gasteiger partial charge on any atom is 0.306 e. The molecule has 6 N–H and O–H groups in total. The molecule has 1 aliphatic rings. The van der Waals surface area contributed by atoms with Crippen LogP contribution >= 0.6 is 0 Å². The Hall–Kier alpha value is -2.90. The van der Waals surface area contributed by atoms with Crippen molar-refractivity contribution in [2.45, 2.75) is 416 Å². The minimum atomic E-state index is -1.62. The molecule has 1 rings (SSSR count). The predicted octanol–water partition coefficient (Wildman–Crippen LogP) is 21.0. The summed E-state index contributed by atoms with van der Waals surface area (Å²) in [6, 6.07) is -1.03. The number of ether oxygens (including phenoxy) is 3. The van der Waals surface area contributed by atoms with Gasteiger partial charge in [0.25, 0.3) is 0 Å². The van der Waals surface area contributed by atoms with Crippen molar-refractivity contribution in [3.05, 3.63) is 72.9 Å². The van der Waals surface area contributed by atoms with E-state index in [2.05, 4.69) is 86.8 Å². The standard InChI is InChI=1S/C81H147NO10/c1-4-7-10-13-16-19-22-25-27-29-31-33-35-37-39-40-42-44-46-48-50-53-56-59-62-65-68-74(85)80(89)82-72(73(84)67-64-61-58-55-52-24-21-18-15-12-9-6-3)71-90-81-79(78(88)77(87)75(70-83)91-81)92-76(86)69-66-63-60-57-54-51-49-47-45-43-41-38-36-34-32-30-28-26-23-20-17-14-11-8-5-2/h17,20,25-28,32,34,38,41,64,67,72-75,77-79,81,83-85,87-88H,4-16,18-19,21-24,29-31,33,35-37,39-40,42-63,65-66,68-71H2,1-3H3,(H,82,89)/b20-17-,27-25+,28-26-,34-32-,41-38-,67-64+. The first kappa shape index (κ1) is 87.1. The van der Waals surface area contributed by atoms with E-state index < -0.39 is 67.4 Å². The lowest BCUT2D eigenvalue weighted by atomic mass is 9.99. The van der Waals surface area contributed by atoms with Gasteiger partial charge in [-0.1, -0.05) is 338 Å². The van der Waals surface area contributed by atoms with E-state index in [0.717, 1.165) is 89.9 Å². The molecule has 1 amide bonds. The van der Waals surface area contributed by atoms with Gasteiger partial charge in [-0.05, 0) is 96.3 Å². The summed E-state index contributed by atoms with van der Waals surface area (Å²) in [5.41, 5.74) is 0. The summed E-state index contributed by atoms with van der Waals surface area (Å²) < 4.78 is 17.7. The van der Waals surface area contributed by atoms with E-state index in [9.17, 15) is 35.1 Å². The Labute approximate surface area is 566 Å². The first-order valence-corrected chi connectivity index (χ1v) is 39.2. The predicted molar refractivity (Wildman–Crippen MR) is 389 cm³/mol. The lowest BCUT2D eigenvalue weighted by Gasteiger charge is -2.41. The van der Waals surface area contributed by atoms with E-state index in [1.54, 1.807) is 6.08 Å². The number of rotatable bonds is 68. The van der Waals surface area contributed by atoms with Crippen LogP contribution < -0.4 is 5.32 Å². The Morgan fingerprint density at radius 1 is 0.424 bits per heavy atom. The fraction of sp³-hybridized carbons (Fsp3) is 0.827. The van der Waals surface area contributed by atoms with Crippen LogP contribution in [0.5, 0.6) is 0 Å². The summed E-state index contributed by atoms with van der Waals surface area (Å²) in [5.74, 6) is -1.19. The van der Waals surface area contributed by atoms with Gasteiger partial charge in [-0.3, -0.25) is 9.59 Å². The van der Waals surface area contributed by atoms with Crippen LogP contribution in [-0.2, 0) is 23.8 Å². The summed E-state index contributed by atoms with van der Waals surface area (Å²) >= 11 is 0. The third-order valence-corrected chi connectivity index (χ3v) is 18.3. The normalized spacial score (nSPS) is 18.3. The number of carbonyl (C=O) groups excluding carboxylic acids is 2. The van der Waals surface area contributed by atoms with Gasteiger partial charge in [0.1, 0.15) is 24.4 Å². The van der Waals surface area contributed by atoms with Crippen LogP contribution in [0.15, 0.2) is 72.9 Å². The van der Waals surface area contributed by atoms with E-state index in [0.29, 0.717) is 19.3 Å². The average Bonchev–Trinajstić information content (AvgIpc) is 0.875. The molecule has 0 aromatic carbocycles. The number of esters is 1. The highest BCUT2D eigenvalue weighted by molar-refractivity contribution is 5.80. The largest absolute Gasteiger partial charge is 0.454 e. The van der Waals surface area contributed by atoms with Crippen molar-refractivity contribution in [2.75, 3.05) is 13.2 Å². The molecule has 0 spiro atoms. The third-order valence-electron chi connectivity index (χ3n) is 18.3. The van der Waals surface area contributed by atoms with Gasteiger partial charge in [-0.15, -0.1) is 0 Å². The number of hydrogen-bond donors (Lipinski definition) is 6. The number of aliphatic hydroxyl groups is 5. The van der Waals surface area contributed by atoms with Gasteiger partial charge in [0.15, 0.2) is 12.4 Å². The Morgan fingerprint density at radius 2 is 0.750 bits per heavy atom. The molecule has 1 heterocycles. The second kappa shape index (κ2) is 68.1. The minimum Gasteiger partial charge on any atom is -0.454 e. The van der Waals surface area contributed by atoms with Gasteiger partial charge in [0.05, 0.1) is 25.4 Å². The molecule has 0 aromatic rings. The third kappa shape index (κ3) is 54.2. The first-order valence-electron chi connectivity index (χ1n) is 39.2. The zero-order valence-corrected chi connectivity index (χ0v) is 59.9. The first-order chi connectivity index (χ1) is 45.2. The lowest BCUT2D eigenvalue weighted by molar-refractivity contribution is -0.305. The van der Waals surface area contributed by atoms with Crippen molar-refractivity contribution in [3.63, 3.8) is 0 Å². The van der Waals surface area contributed by atoms with Crippen LogP contribution in [0.25, 0.3) is 0 Å². The molecule has 8 atom stereocenters. The summed E-state index contributed by atoms with van der Waals surface area (Å²) in [7, 11) is 0. The minimum absolute atomic E-state index is 0.116. The maximum atomic E-state index is 13.5. The fourth-order valence-electron chi connectivity index (χ4n) is 12.2. The fourth-order valence-corrected chi connectivity index (χ4v) is 12.2. The number of aliphatic hydroxyl groups excluding tert-OH is 5. The topological polar surface area (TPSA) is 175 Å². The van der Waals surface area contributed by atoms with E-state index >= 15 is 0 Å². The molecule has 92 heavy (non-hydrogen) atoms. The van der Waals surface area contributed by atoms with Gasteiger partial charge in [-0.2, -0.15) is 0 Å². The molecule has 1 fully saturated rings. The molecule has 0 saturated carbocycles. The summed E-state index contributed by atoms with van der Waals surface area (Å²) in [6.45, 7) is 5.81. The van der Waals surface area contributed by atoms with Crippen molar-refractivity contribution in [1.29, 1.82) is 0 Å². The summed E-state index contributed by atoms with van der Waals surface area (Å²) in [4.78, 5) is 26.8. The molecule has 8 unspecified atom stereocenters. The van der Waals surface area contributed by atoms with Crippen LogP contribution in [0.2, 0.25) is 0 Å². The molecular weight excluding hydrogens is 1150 g/mol. The van der Waals surface area contributed by atoms with Crippen molar-refractivity contribution >= 4 is 11.9 Å². The summed E-state index contributed by atoms with van der Waals surface area (Å²) in [5, 5.41) is 57.4. The highest BCUT2D eigenvalue weighted by Gasteiger charge is 2.47. The van der Waals surface area contributed by atoms with Gasteiger partial charge in [0, 0.05) is 6.42 Å². The van der Waals surface area contributed by atoms with Gasteiger partial charge in [-0.25, -0.2) is 0 Å². The van der Waals surface area contributed by atoms with Crippen LogP contribution in [0.1, 0.15) is 367 Å². The van der Waals surface area contributed by atoms with Crippen LogP contribution in [0.4, 0.5) is 0 Å². The Bertz CT molecular complexity index is 1780. The maximum absolute atomic E-state index is 13.5. The van der Waals surface area contributed by atoms with Crippen LogP contribution in [-0.4, -0.2) is 99.6 Å². The second-order valence-corrected chi connectivity index (χ2v) is 27.1. The summed E-state index contributed by atoms with van der Waals surface area (Å²) in [6.07, 6.45) is 79.5. The van der Waals surface area contributed by atoms with Crippen molar-refractivity contribution in [3.8, 4) is 0 Å². The zero-order valence-electron chi connectivity index (χ0n) is 59.9. The Balaban J connectivity index is 2.51. The average molecular weight is 1300 g/mol. The molecule has 536 valence electrons. The van der Waals surface area contributed by atoms with E-state index in [-0.39, 0.29) is 13.0 Å². The molecular formula is C81H147NO10. The smallest absolute Gasteiger partial charge is 0.306 e. The SMILES string of the molecule is CCCCC/C=C\C/C=C\C/C=C\C/C=C\CCCCCCCCCCCC(=O)OC1C(OCC(NC(=O)C(O)CCCCCCCCCCCCCCCCCC/C=C/CCCCCCCC)C(O)/C=C/CCCCCCCCCCCC)OC(CO)C(O)C1O. The quantitative estimate of drug-likeness (QED) is 0.0195. The van der Waals surface area contributed by atoms with E-state index in [1.807, 2.05) is 6.08 Å². The molecule has 0 radical (unpaired) electrons. The van der Waals surface area contributed by atoms with Crippen molar-refractivity contribution in [1.82, 2.24) is 5.32 Å². The number of allylic oxidation sites excluding steroid dienone is 11. The number of unbranched alkanes of at least 4 members (excludes halogenated alkanes) is 44. The zero-order chi connectivity index (χ0) is 66.7. The van der Waals surface area contributed by atoms with Gasteiger partial charge >= 0.3 is 5.97 Å². The van der Waals surface area contributed by atoms with Gasteiger partial charge < -0.3 is 45.1 Å². The lowest BCUT2D eigenvalue weighted by Crippen LogP contribution is -2.61. The molecule has 0 bridgehead atoms. The highest BCUT2D eigenvalue weighted by atomic mass is 16.7. The number of amides is 1. The van der Waals surface area contributed by atoms with Gasteiger partial charge in [0.2, 0.25) is 5.91 Å². The molecule has 1 aliphatic heterocycles. The second-order valence-electron chi connectivity index (χ2n) is 27.1. The van der Waals surface area contributed by atoms with Crippen LogP contribution in [0, 0.1) is 0 Å². The highest BCUT2D eigenvalue weighted by Crippen LogP contribution is 2.27. The Kier molecular flexibility index (Phi) is 64.4. The van der Waals surface area contributed by atoms with Crippen LogP contribution in [0.3, 0.4) is 0 Å².